The van der Waals surface area contributed by atoms with Gasteiger partial charge < -0.3 is 5.32 Å². The number of rotatable bonds is 3. The number of benzene rings is 1. The van der Waals surface area contributed by atoms with Gasteiger partial charge in [-0.3, -0.25) is 14.9 Å². The smallest absolute Gasteiger partial charge is 0.282 e. The van der Waals surface area contributed by atoms with Gasteiger partial charge in [-0.2, -0.15) is 0 Å². The number of nitrogens with zero attached hydrogens (tertiary/aromatic N) is 2. The Morgan fingerprint density at radius 3 is 2.75 bits per heavy atom. The second-order valence-electron chi connectivity index (χ2n) is 4.02. The van der Waals surface area contributed by atoms with Gasteiger partial charge in [0.05, 0.1) is 10.6 Å². The molecule has 0 aliphatic heterocycles. The zero-order valence-corrected chi connectivity index (χ0v) is 12.0. The normalized spacial score (nSPS) is 10.1. The average Bonchev–Trinajstić information content (AvgIpc) is 2.40. The first-order chi connectivity index (χ1) is 9.50. The highest BCUT2D eigenvalue weighted by Crippen LogP contribution is 2.25. The third-order valence-corrected chi connectivity index (χ3v) is 3.31. The van der Waals surface area contributed by atoms with Crippen LogP contribution in [0.3, 0.4) is 0 Å². The van der Waals surface area contributed by atoms with Gasteiger partial charge >= 0.3 is 0 Å². The maximum absolute atomic E-state index is 12.2. The largest absolute Gasteiger partial charge is 0.319 e. The highest BCUT2D eigenvalue weighted by molar-refractivity contribution is 9.10. The predicted octanol–water partition coefficient (Wildman–Crippen LogP) is 3.31. The van der Waals surface area contributed by atoms with E-state index in [0.29, 0.717) is 15.9 Å². The molecule has 102 valence electrons. The van der Waals surface area contributed by atoms with Crippen LogP contribution in [0, 0.1) is 17.0 Å². The molecule has 1 amide bonds. The van der Waals surface area contributed by atoms with E-state index in [4.69, 9.17) is 0 Å². The van der Waals surface area contributed by atoms with Crippen LogP contribution in [0.25, 0.3) is 0 Å². The first-order valence-electron chi connectivity index (χ1n) is 5.66. The van der Waals surface area contributed by atoms with E-state index in [1.165, 1.54) is 6.07 Å². The van der Waals surface area contributed by atoms with Gasteiger partial charge in [0.15, 0.2) is 0 Å². The maximum Gasteiger partial charge on any atom is 0.282 e. The Labute approximate surface area is 123 Å². The zero-order valence-electron chi connectivity index (χ0n) is 10.5. The summed E-state index contributed by atoms with van der Waals surface area (Å²) in [5.74, 6) is -0.538. The van der Waals surface area contributed by atoms with Crippen molar-refractivity contribution in [2.75, 3.05) is 5.32 Å². The van der Waals surface area contributed by atoms with Crippen molar-refractivity contribution in [3.8, 4) is 0 Å². The van der Waals surface area contributed by atoms with Crippen LogP contribution < -0.4 is 5.32 Å². The first-order valence-corrected chi connectivity index (χ1v) is 6.46. The predicted molar refractivity (Wildman–Crippen MR) is 77.7 cm³/mol. The standard InChI is InChI=1S/C13H10BrN3O3/c1-8-4-2-6-10(17(19)20)11(8)13(18)16-9-5-3-7-15-12(9)14/h2-7H,1H3,(H,16,18). The Kier molecular flexibility index (Phi) is 4.09. The number of aromatic nitrogens is 1. The number of nitrogens with one attached hydrogen (secondary N) is 1. The quantitative estimate of drug-likeness (QED) is 0.529. The Morgan fingerprint density at radius 2 is 2.10 bits per heavy atom. The zero-order chi connectivity index (χ0) is 14.7. The Balaban J connectivity index is 2.40. The number of amides is 1. The molecule has 0 spiro atoms. The van der Waals surface area contributed by atoms with Gasteiger partial charge in [-0.05, 0) is 40.5 Å². The summed E-state index contributed by atoms with van der Waals surface area (Å²) in [4.78, 5) is 26.7. The van der Waals surface area contributed by atoms with Gasteiger partial charge in [0.2, 0.25) is 0 Å². The number of carbonyl (C=O) groups excluding carboxylic acids is 1. The molecule has 1 aromatic heterocycles. The van der Waals surface area contributed by atoms with Crippen molar-refractivity contribution < 1.29 is 9.72 Å². The van der Waals surface area contributed by atoms with Crippen LogP contribution >= 0.6 is 15.9 Å². The fourth-order valence-electron chi connectivity index (χ4n) is 1.76. The van der Waals surface area contributed by atoms with Crippen molar-refractivity contribution in [3.05, 3.63) is 62.4 Å². The van der Waals surface area contributed by atoms with E-state index in [0.717, 1.165) is 0 Å². The Morgan fingerprint density at radius 1 is 1.35 bits per heavy atom. The summed E-state index contributed by atoms with van der Waals surface area (Å²) < 4.78 is 0.463. The van der Waals surface area contributed by atoms with Gasteiger partial charge in [0.25, 0.3) is 11.6 Å². The lowest BCUT2D eigenvalue weighted by atomic mass is 10.1. The minimum absolute atomic E-state index is 0.0493. The van der Waals surface area contributed by atoms with Crippen molar-refractivity contribution >= 4 is 33.2 Å². The van der Waals surface area contributed by atoms with E-state index in [-0.39, 0.29) is 11.3 Å². The second kappa shape index (κ2) is 5.79. The lowest BCUT2D eigenvalue weighted by Crippen LogP contribution is -2.16. The SMILES string of the molecule is Cc1cccc([N+](=O)[O-])c1C(=O)Nc1cccnc1Br. The molecule has 0 atom stereocenters. The van der Waals surface area contributed by atoms with E-state index in [2.05, 4.69) is 26.2 Å². The van der Waals surface area contributed by atoms with E-state index in [1.54, 1.807) is 37.4 Å². The molecule has 0 bridgehead atoms. The number of pyridine rings is 1. The third kappa shape index (κ3) is 2.83. The molecule has 0 radical (unpaired) electrons. The number of halogens is 1. The van der Waals surface area contributed by atoms with Crippen molar-refractivity contribution in [1.29, 1.82) is 0 Å². The average molecular weight is 336 g/mol. The molecular weight excluding hydrogens is 326 g/mol. The number of carbonyl (C=O) groups is 1. The molecule has 1 heterocycles. The summed E-state index contributed by atoms with van der Waals surface area (Å²) in [5.41, 5.74) is 0.822. The van der Waals surface area contributed by atoms with Gasteiger partial charge in [0.1, 0.15) is 10.2 Å². The summed E-state index contributed by atoms with van der Waals surface area (Å²) >= 11 is 3.20. The molecule has 20 heavy (non-hydrogen) atoms. The molecule has 7 heteroatoms. The molecule has 1 aromatic carbocycles. The Hall–Kier alpha value is -2.28. The van der Waals surface area contributed by atoms with E-state index < -0.39 is 10.8 Å². The molecule has 0 saturated heterocycles. The highest BCUT2D eigenvalue weighted by Gasteiger charge is 2.22. The summed E-state index contributed by atoms with van der Waals surface area (Å²) in [5, 5.41) is 13.6. The first kappa shape index (κ1) is 14.1. The van der Waals surface area contributed by atoms with E-state index >= 15 is 0 Å². The lowest BCUT2D eigenvalue weighted by Gasteiger charge is -2.09. The molecular formula is C13H10BrN3O3. The number of aryl methyl sites for hydroxylation is 1. The van der Waals surface area contributed by atoms with Gasteiger partial charge in [0, 0.05) is 12.3 Å². The number of nitro groups is 1. The van der Waals surface area contributed by atoms with Crippen LogP contribution in [0.15, 0.2) is 41.1 Å². The minimum Gasteiger partial charge on any atom is -0.319 e. The fraction of sp³-hybridized carbons (Fsp3) is 0.0769. The van der Waals surface area contributed by atoms with Crippen LogP contribution in [0.4, 0.5) is 11.4 Å². The lowest BCUT2D eigenvalue weighted by molar-refractivity contribution is -0.385. The van der Waals surface area contributed by atoms with Crippen LogP contribution in [0.2, 0.25) is 0 Å². The molecule has 1 N–H and O–H groups in total. The molecule has 0 fully saturated rings. The topological polar surface area (TPSA) is 85.1 Å². The molecule has 0 aliphatic carbocycles. The molecule has 6 nitrogen and oxygen atoms in total. The monoisotopic (exact) mass is 335 g/mol. The molecule has 2 aromatic rings. The van der Waals surface area contributed by atoms with E-state index in [1.807, 2.05) is 0 Å². The van der Waals surface area contributed by atoms with Crippen molar-refractivity contribution in [2.24, 2.45) is 0 Å². The van der Waals surface area contributed by atoms with Crippen molar-refractivity contribution in [1.82, 2.24) is 4.98 Å². The number of hydrogen-bond acceptors (Lipinski definition) is 4. The maximum atomic E-state index is 12.2. The molecule has 0 unspecified atom stereocenters. The van der Waals surface area contributed by atoms with Gasteiger partial charge in [-0.15, -0.1) is 0 Å². The van der Waals surface area contributed by atoms with Crippen LogP contribution in [0.5, 0.6) is 0 Å². The second-order valence-corrected chi connectivity index (χ2v) is 4.77. The minimum atomic E-state index is -0.569. The summed E-state index contributed by atoms with van der Waals surface area (Å²) in [6, 6.07) is 7.82. The fourth-order valence-corrected chi connectivity index (χ4v) is 2.11. The van der Waals surface area contributed by atoms with E-state index in [9.17, 15) is 14.9 Å². The van der Waals surface area contributed by atoms with Crippen molar-refractivity contribution in [2.45, 2.75) is 6.92 Å². The number of hydrogen-bond donors (Lipinski definition) is 1. The van der Waals surface area contributed by atoms with Gasteiger partial charge in [-0.25, -0.2) is 4.98 Å². The van der Waals surface area contributed by atoms with Gasteiger partial charge in [-0.1, -0.05) is 12.1 Å². The molecule has 0 aliphatic rings. The number of anilines is 1. The van der Waals surface area contributed by atoms with Crippen molar-refractivity contribution in [3.63, 3.8) is 0 Å². The van der Waals surface area contributed by atoms with Crippen LogP contribution in [-0.2, 0) is 0 Å². The van der Waals surface area contributed by atoms with Crippen LogP contribution in [-0.4, -0.2) is 15.8 Å². The molecule has 0 saturated carbocycles. The highest BCUT2D eigenvalue weighted by atomic mass is 79.9. The van der Waals surface area contributed by atoms with Crippen LogP contribution in [0.1, 0.15) is 15.9 Å². The summed E-state index contributed by atoms with van der Waals surface area (Å²) in [6.45, 7) is 1.65. The number of nitro benzene ring substituents is 1. The summed E-state index contributed by atoms with van der Waals surface area (Å²) in [6.07, 6.45) is 1.57. The summed E-state index contributed by atoms with van der Waals surface area (Å²) in [7, 11) is 0. The third-order valence-electron chi connectivity index (χ3n) is 2.68. The molecule has 2 rings (SSSR count). The Bertz CT molecular complexity index is 688.